The smallest absolute Gasteiger partial charge is 0.333 e. The molecule has 1 fully saturated rings. The zero-order valence-electron chi connectivity index (χ0n) is 15.2. The lowest BCUT2D eigenvalue weighted by Gasteiger charge is -2.12. The number of aromatic hydroxyl groups is 1. The number of amides is 3. The molecule has 1 aliphatic rings. The summed E-state index contributed by atoms with van der Waals surface area (Å²) in [5.74, 6) is -0.160. The van der Waals surface area contributed by atoms with Crippen molar-refractivity contribution < 1.29 is 19.4 Å². The first-order valence-electron chi connectivity index (χ1n) is 8.67. The number of allylic oxidation sites excluding steroid dienone is 1. The summed E-state index contributed by atoms with van der Waals surface area (Å²) in [6, 6.07) is 9.26. The number of phenolic OH excluding ortho intramolecular Hbond substituents is 1. The molecule has 0 spiro atoms. The Labute approximate surface area is 167 Å². The zero-order chi connectivity index (χ0) is 20.3. The molecular weight excluding hydrogens is 380 g/mol. The van der Waals surface area contributed by atoms with Crippen LogP contribution in [0, 0.1) is 0 Å². The van der Waals surface area contributed by atoms with Gasteiger partial charge in [0.15, 0.2) is 11.5 Å². The fourth-order valence-corrected chi connectivity index (χ4v) is 3.09. The van der Waals surface area contributed by atoms with Crippen molar-refractivity contribution in [3.8, 4) is 11.5 Å². The maximum absolute atomic E-state index is 12.8. The molecule has 2 N–H and O–H groups in total. The van der Waals surface area contributed by atoms with Crippen LogP contribution in [0.4, 0.5) is 10.5 Å². The summed E-state index contributed by atoms with van der Waals surface area (Å²) in [6.45, 7) is 5.86. The Morgan fingerprint density at radius 3 is 2.75 bits per heavy atom. The van der Waals surface area contributed by atoms with E-state index in [4.69, 9.17) is 16.3 Å². The standard InChI is InChI=1S/C21H19ClN2O4/c1-3-6-14-9-13(11-18(19(14)25)28-4-2)10-17-20(26)24(21(27)23-17)16-8-5-7-15(22)12-16/h3,5,7-12,25H,1,4,6H2,2H3,(H,23,27)/b17-10-. The first kappa shape index (κ1) is 19.5. The van der Waals surface area contributed by atoms with Gasteiger partial charge in [0.1, 0.15) is 5.70 Å². The Morgan fingerprint density at radius 1 is 1.29 bits per heavy atom. The molecule has 0 aliphatic carbocycles. The predicted molar refractivity (Wildman–Crippen MR) is 109 cm³/mol. The molecule has 7 heteroatoms. The fourth-order valence-electron chi connectivity index (χ4n) is 2.90. The number of nitrogens with zero attached hydrogens (tertiary/aromatic N) is 1. The van der Waals surface area contributed by atoms with Crippen LogP contribution in [0.3, 0.4) is 0 Å². The molecule has 6 nitrogen and oxygen atoms in total. The Morgan fingerprint density at radius 2 is 2.07 bits per heavy atom. The van der Waals surface area contributed by atoms with Gasteiger partial charge < -0.3 is 15.2 Å². The summed E-state index contributed by atoms with van der Waals surface area (Å²) in [4.78, 5) is 26.1. The zero-order valence-corrected chi connectivity index (χ0v) is 16.0. The third-order valence-corrected chi connectivity index (χ3v) is 4.33. The number of hydrogen-bond donors (Lipinski definition) is 2. The van der Waals surface area contributed by atoms with Crippen LogP contribution in [0.2, 0.25) is 5.02 Å². The molecule has 0 saturated carbocycles. The quantitative estimate of drug-likeness (QED) is 0.432. The van der Waals surface area contributed by atoms with E-state index in [0.29, 0.717) is 40.6 Å². The highest BCUT2D eigenvalue weighted by Gasteiger charge is 2.35. The Hall–Kier alpha value is -3.25. The molecular formula is C21H19ClN2O4. The van der Waals surface area contributed by atoms with E-state index in [1.807, 2.05) is 0 Å². The molecule has 2 aromatic carbocycles. The monoisotopic (exact) mass is 398 g/mol. The molecule has 0 radical (unpaired) electrons. The number of rotatable bonds is 6. The highest BCUT2D eigenvalue weighted by Crippen LogP contribution is 2.33. The van der Waals surface area contributed by atoms with E-state index < -0.39 is 11.9 Å². The normalized spacial score (nSPS) is 15.1. The molecule has 3 rings (SSSR count). The van der Waals surface area contributed by atoms with E-state index in [2.05, 4.69) is 11.9 Å². The predicted octanol–water partition coefficient (Wildman–Crippen LogP) is 4.27. The van der Waals surface area contributed by atoms with Crippen molar-refractivity contribution in [2.24, 2.45) is 0 Å². The summed E-state index contributed by atoms with van der Waals surface area (Å²) in [7, 11) is 0. The maximum atomic E-state index is 12.8. The van der Waals surface area contributed by atoms with Gasteiger partial charge in [-0.2, -0.15) is 0 Å². The van der Waals surface area contributed by atoms with Crippen molar-refractivity contribution in [3.05, 3.63) is 70.9 Å². The second-order valence-electron chi connectivity index (χ2n) is 6.06. The van der Waals surface area contributed by atoms with Crippen molar-refractivity contribution in [3.63, 3.8) is 0 Å². The first-order chi connectivity index (χ1) is 13.4. The maximum Gasteiger partial charge on any atom is 0.333 e. The van der Waals surface area contributed by atoms with Crippen molar-refractivity contribution >= 4 is 35.3 Å². The molecule has 3 amide bonds. The summed E-state index contributed by atoms with van der Waals surface area (Å²) >= 11 is 5.96. The van der Waals surface area contributed by atoms with Crippen molar-refractivity contribution in [1.29, 1.82) is 0 Å². The van der Waals surface area contributed by atoms with Crippen molar-refractivity contribution in [2.75, 3.05) is 11.5 Å². The second-order valence-corrected chi connectivity index (χ2v) is 6.50. The molecule has 28 heavy (non-hydrogen) atoms. The lowest BCUT2D eigenvalue weighted by atomic mass is 10.0. The molecule has 2 aromatic rings. The first-order valence-corrected chi connectivity index (χ1v) is 9.04. The van der Waals surface area contributed by atoms with E-state index in [-0.39, 0.29) is 11.4 Å². The van der Waals surface area contributed by atoms with Crippen LogP contribution in [0.15, 0.2) is 54.8 Å². The SMILES string of the molecule is C=CCc1cc(/C=C2\NC(=O)N(c3cccc(Cl)c3)C2=O)cc(OCC)c1O. The van der Waals surface area contributed by atoms with Gasteiger partial charge in [0.05, 0.1) is 12.3 Å². The topological polar surface area (TPSA) is 78.9 Å². The minimum atomic E-state index is -0.561. The summed E-state index contributed by atoms with van der Waals surface area (Å²) < 4.78 is 5.47. The van der Waals surface area contributed by atoms with Gasteiger partial charge in [-0.05, 0) is 55.3 Å². The third kappa shape index (κ3) is 3.87. The third-order valence-electron chi connectivity index (χ3n) is 4.10. The van der Waals surface area contributed by atoms with Crippen molar-refractivity contribution in [1.82, 2.24) is 5.32 Å². The number of carbonyl (C=O) groups excluding carboxylic acids is 2. The molecule has 0 bridgehead atoms. The van der Waals surface area contributed by atoms with Crippen LogP contribution in [-0.4, -0.2) is 23.7 Å². The number of benzene rings is 2. The van der Waals surface area contributed by atoms with Crippen LogP contribution in [0.25, 0.3) is 6.08 Å². The summed E-state index contributed by atoms with van der Waals surface area (Å²) in [5.41, 5.74) is 1.71. The summed E-state index contributed by atoms with van der Waals surface area (Å²) in [6.07, 6.45) is 3.63. The number of carbonyl (C=O) groups is 2. The van der Waals surface area contributed by atoms with E-state index in [0.717, 1.165) is 4.90 Å². The van der Waals surface area contributed by atoms with E-state index in [1.54, 1.807) is 49.4 Å². The van der Waals surface area contributed by atoms with Crippen LogP contribution >= 0.6 is 11.6 Å². The van der Waals surface area contributed by atoms with Gasteiger partial charge in [-0.25, -0.2) is 9.69 Å². The highest BCUT2D eigenvalue weighted by atomic mass is 35.5. The van der Waals surface area contributed by atoms with Gasteiger partial charge in [-0.1, -0.05) is 23.7 Å². The van der Waals surface area contributed by atoms with Crippen molar-refractivity contribution in [2.45, 2.75) is 13.3 Å². The molecule has 144 valence electrons. The molecule has 0 unspecified atom stereocenters. The fraction of sp³-hybridized carbons (Fsp3) is 0.143. The molecule has 0 atom stereocenters. The number of imide groups is 1. The molecule has 1 heterocycles. The number of halogens is 1. The number of hydrogen-bond acceptors (Lipinski definition) is 4. The Kier molecular flexibility index (Phi) is 5.70. The van der Waals surface area contributed by atoms with Gasteiger partial charge in [0.2, 0.25) is 0 Å². The van der Waals surface area contributed by atoms with Gasteiger partial charge in [0, 0.05) is 10.6 Å². The lowest BCUT2D eigenvalue weighted by molar-refractivity contribution is -0.113. The lowest BCUT2D eigenvalue weighted by Crippen LogP contribution is -2.30. The molecule has 1 saturated heterocycles. The summed E-state index contributed by atoms with van der Waals surface area (Å²) in [5, 5.41) is 13.3. The van der Waals surface area contributed by atoms with Gasteiger partial charge in [-0.3, -0.25) is 4.79 Å². The molecule has 1 aliphatic heterocycles. The number of nitrogens with one attached hydrogen (secondary N) is 1. The average molecular weight is 399 g/mol. The van der Waals surface area contributed by atoms with E-state index >= 15 is 0 Å². The highest BCUT2D eigenvalue weighted by molar-refractivity contribution is 6.32. The number of anilines is 1. The Balaban J connectivity index is 1.98. The largest absolute Gasteiger partial charge is 0.504 e. The average Bonchev–Trinajstić information content (AvgIpc) is 2.92. The minimum Gasteiger partial charge on any atom is -0.504 e. The number of phenols is 1. The van der Waals surface area contributed by atoms with Gasteiger partial charge in [-0.15, -0.1) is 6.58 Å². The van der Waals surface area contributed by atoms with Crippen LogP contribution < -0.4 is 15.0 Å². The molecule has 0 aromatic heterocycles. The van der Waals surface area contributed by atoms with E-state index in [9.17, 15) is 14.7 Å². The van der Waals surface area contributed by atoms with Crippen LogP contribution in [-0.2, 0) is 11.2 Å². The Bertz CT molecular complexity index is 984. The minimum absolute atomic E-state index is 0.0336. The van der Waals surface area contributed by atoms with Gasteiger partial charge >= 0.3 is 6.03 Å². The number of urea groups is 1. The van der Waals surface area contributed by atoms with E-state index in [1.165, 1.54) is 6.07 Å². The van der Waals surface area contributed by atoms with Gasteiger partial charge in [0.25, 0.3) is 5.91 Å². The van der Waals surface area contributed by atoms with Crippen LogP contribution in [0.1, 0.15) is 18.1 Å². The van der Waals surface area contributed by atoms with Crippen LogP contribution in [0.5, 0.6) is 11.5 Å². The second kappa shape index (κ2) is 8.19. The number of ether oxygens (including phenoxy) is 1.